The van der Waals surface area contributed by atoms with E-state index in [1.807, 2.05) is 12.1 Å². The molecule has 13 heteroatoms. The van der Waals surface area contributed by atoms with Crippen molar-refractivity contribution in [3.05, 3.63) is 52.7 Å². The Morgan fingerprint density at radius 1 is 0.778 bits per heavy atom. The summed E-state index contributed by atoms with van der Waals surface area (Å²) in [6.45, 7) is 6.12. The highest BCUT2D eigenvalue weighted by Crippen LogP contribution is 2.29. The number of morpholine rings is 2. The molecule has 0 atom stereocenters. The molecule has 0 spiro atoms. The van der Waals surface area contributed by atoms with Crippen molar-refractivity contribution in [2.75, 3.05) is 73.5 Å². The second-order valence-corrected chi connectivity index (χ2v) is 8.62. The predicted molar refractivity (Wildman–Crippen MR) is 139 cm³/mol. The zero-order valence-corrected chi connectivity index (χ0v) is 20.9. The minimum absolute atomic E-state index is 0.267. The summed E-state index contributed by atoms with van der Waals surface area (Å²) in [5.74, 6) is 1.63. The average molecular weight is 530 g/mol. The zero-order valence-electron chi connectivity index (χ0n) is 19.4. The number of nitrogens with two attached hydrogens (primary N) is 1. The summed E-state index contributed by atoms with van der Waals surface area (Å²) >= 11 is 12.3. The molecule has 0 radical (unpaired) electrons. The first-order chi connectivity index (χ1) is 17.5. The van der Waals surface area contributed by atoms with Gasteiger partial charge in [-0.25, -0.2) is 19.9 Å². The first kappa shape index (κ1) is 25.7. The van der Waals surface area contributed by atoms with Gasteiger partial charge in [0.1, 0.15) is 23.5 Å². The highest BCUT2D eigenvalue weighted by Gasteiger charge is 2.16. The minimum Gasteiger partial charge on any atom is -0.384 e. The SMILES string of the molecule is N#Cc1cnc(Nc2cc(N3CCOCC3)c(Cl)cn2)cn1.Nc1cc(N2CCOCC2)c(Cl)cn1. The molecule has 5 rings (SSSR count). The first-order valence-electron chi connectivity index (χ1n) is 11.2. The van der Waals surface area contributed by atoms with Gasteiger partial charge in [0.2, 0.25) is 0 Å². The molecule has 36 heavy (non-hydrogen) atoms. The standard InChI is InChI=1S/C14H13ClN6O.C9H12ClN3O/c15-11-8-19-13(5-12(11)21-1-3-22-4-2-21)20-14-9-17-10(6-16)7-18-14;10-7-6-12-9(11)5-8(7)13-1-3-14-4-2-13/h5,7-9H,1-4H2,(H,18,19,20);5-6H,1-4H2,(H2,11,12). The predicted octanol–water partition coefficient (Wildman–Crippen LogP) is 3.13. The lowest BCUT2D eigenvalue weighted by Gasteiger charge is -2.29. The maximum atomic E-state index is 8.71. The van der Waals surface area contributed by atoms with E-state index in [0.717, 1.165) is 50.8 Å². The Kier molecular flexibility index (Phi) is 8.91. The Morgan fingerprint density at radius 2 is 1.33 bits per heavy atom. The van der Waals surface area contributed by atoms with E-state index in [4.69, 9.17) is 43.7 Å². The molecule has 2 aliphatic heterocycles. The van der Waals surface area contributed by atoms with Crippen molar-refractivity contribution < 1.29 is 9.47 Å². The monoisotopic (exact) mass is 529 g/mol. The molecule has 2 saturated heterocycles. The van der Waals surface area contributed by atoms with E-state index in [0.29, 0.717) is 40.7 Å². The Morgan fingerprint density at radius 3 is 1.89 bits per heavy atom. The van der Waals surface area contributed by atoms with E-state index in [1.165, 1.54) is 12.4 Å². The van der Waals surface area contributed by atoms with Crippen LogP contribution in [0.1, 0.15) is 5.69 Å². The van der Waals surface area contributed by atoms with Crippen LogP contribution in [0.4, 0.5) is 28.8 Å². The van der Waals surface area contributed by atoms with Crippen LogP contribution in [0.2, 0.25) is 10.0 Å². The maximum Gasteiger partial charge on any atom is 0.158 e. The normalized spacial score (nSPS) is 15.5. The molecular formula is C23H25Cl2N9O2. The van der Waals surface area contributed by atoms with Crippen molar-refractivity contribution in [3.63, 3.8) is 0 Å². The van der Waals surface area contributed by atoms with Gasteiger partial charge in [-0.15, -0.1) is 0 Å². The lowest BCUT2D eigenvalue weighted by atomic mass is 10.3. The number of anilines is 5. The fourth-order valence-electron chi connectivity index (χ4n) is 3.61. The van der Waals surface area contributed by atoms with Gasteiger partial charge in [0, 0.05) is 44.5 Å². The Labute approximate surface area is 218 Å². The van der Waals surface area contributed by atoms with Gasteiger partial charge in [0.15, 0.2) is 5.69 Å². The third-order valence-corrected chi connectivity index (χ3v) is 6.00. The molecule has 2 fully saturated rings. The van der Waals surface area contributed by atoms with Gasteiger partial charge in [0.25, 0.3) is 0 Å². The number of ether oxygens (including phenoxy) is 2. The minimum atomic E-state index is 0.267. The molecule has 2 aliphatic rings. The van der Waals surface area contributed by atoms with E-state index >= 15 is 0 Å². The van der Waals surface area contributed by atoms with Crippen molar-refractivity contribution in [1.29, 1.82) is 5.26 Å². The number of pyridine rings is 2. The number of nitrogens with one attached hydrogen (secondary N) is 1. The Bertz CT molecular complexity index is 1200. The van der Waals surface area contributed by atoms with Crippen molar-refractivity contribution in [3.8, 4) is 6.07 Å². The smallest absolute Gasteiger partial charge is 0.158 e. The van der Waals surface area contributed by atoms with Crippen LogP contribution >= 0.6 is 23.2 Å². The van der Waals surface area contributed by atoms with Crippen LogP contribution in [-0.2, 0) is 9.47 Å². The summed E-state index contributed by atoms with van der Waals surface area (Å²) in [5.41, 5.74) is 7.73. The number of halogens is 2. The summed E-state index contributed by atoms with van der Waals surface area (Å²) < 4.78 is 10.6. The van der Waals surface area contributed by atoms with Crippen LogP contribution in [0.3, 0.4) is 0 Å². The molecule has 0 unspecified atom stereocenters. The number of nitriles is 1. The third-order valence-electron chi connectivity index (χ3n) is 5.42. The molecule has 0 aromatic carbocycles. The van der Waals surface area contributed by atoms with Crippen molar-refractivity contribution in [2.24, 2.45) is 0 Å². The van der Waals surface area contributed by atoms with Crippen LogP contribution in [0.5, 0.6) is 0 Å². The fourth-order valence-corrected chi connectivity index (χ4v) is 4.06. The quantitative estimate of drug-likeness (QED) is 0.514. The lowest BCUT2D eigenvalue weighted by Crippen LogP contribution is -2.36. The Hall–Kier alpha value is -3.43. The van der Waals surface area contributed by atoms with Crippen LogP contribution in [0, 0.1) is 11.3 Å². The van der Waals surface area contributed by atoms with Crippen LogP contribution in [-0.4, -0.2) is 72.5 Å². The average Bonchev–Trinajstić information content (AvgIpc) is 2.93. The lowest BCUT2D eigenvalue weighted by molar-refractivity contribution is 0.122. The molecule has 3 aromatic heterocycles. The number of nitrogens with zero attached hydrogens (tertiary/aromatic N) is 7. The molecule has 0 amide bonds. The molecule has 0 aliphatic carbocycles. The molecule has 0 bridgehead atoms. The molecule has 3 N–H and O–H groups in total. The van der Waals surface area contributed by atoms with Crippen molar-refractivity contribution >= 4 is 52.0 Å². The molecule has 3 aromatic rings. The molecule has 0 saturated carbocycles. The number of hydrogen-bond acceptors (Lipinski definition) is 11. The van der Waals surface area contributed by atoms with Crippen LogP contribution < -0.4 is 20.9 Å². The zero-order chi connectivity index (χ0) is 25.3. The molecular weight excluding hydrogens is 505 g/mol. The third kappa shape index (κ3) is 6.83. The second-order valence-electron chi connectivity index (χ2n) is 7.80. The molecule has 11 nitrogen and oxygen atoms in total. The van der Waals surface area contributed by atoms with Gasteiger partial charge in [-0.05, 0) is 0 Å². The topological polar surface area (TPSA) is 138 Å². The number of rotatable bonds is 4. The van der Waals surface area contributed by atoms with E-state index in [-0.39, 0.29) is 5.69 Å². The highest BCUT2D eigenvalue weighted by atomic mass is 35.5. The van der Waals surface area contributed by atoms with Crippen molar-refractivity contribution in [2.45, 2.75) is 0 Å². The second kappa shape index (κ2) is 12.5. The van der Waals surface area contributed by atoms with Crippen LogP contribution in [0.15, 0.2) is 36.9 Å². The number of aromatic nitrogens is 4. The van der Waals surface area contributed by atoms with Crippen LogP contribution in [0.25, 0.3) is 0 Å². The van der Waals surface area contributed by atoms with E-state index < -0.39 is 0 Å². The van der Waals surface area contributed by atoms with Crippen molar-refractivity contribution in [1.82, 2.24) is 19.9 Å². The first-order valence-corrected chi connectivity index (χ1v) is 12.0. The summed E-state index contributed by atoms with van der Waals surface area (Å²) in [4.78, 5) is 20.5. The summed E-state index contributed by atoms with van der Waals surface area (Å²) in [6, 6.07) is 5.59. The van der Waals surface area contributed by atoms with Gasteiger partial charge in [-0.2, -0.15) is 5.26 Å². The van der Waals surface area contributed by atoms with Gasteiger partial charge < -0.3 is 30.3 Å². The van der Waals surface area contributed by atoms with Gasteiger partial charge in [0.05, 0.1) is 66.4 Å². The van der Waals surface area contributed by atoms with Gasteiger partial charge in [-0.3, -0.25) is 0 Å². The summed E-state index contributed by atoms with van der Waals surface area (Å²) in [7, 11) is 0. The van der Waals surface area contributed by atoms with Gasteiger partial charge in [-0.1, -0.05) is 23.2 Å². The van der Waals surface area contributed by atoms with E-state index in [2.05, 4.69) is 35.1 Å². The number of hydrogen-bond donors (Lipinski definition) is 2. The number of nitrogen functional groups attached to an aromatic ring is 1. The van der Waals surface area contributed by atoms with E-state index in [1.54, 1.807) is 18.5 Å². The molecule has 188 valence electrons. The fraction of sp³-hybridized carbons (Fsp3) is 0.348. The van der Waals surface area contributed by atoms with E-state index in [9.17, 15) is 0 Å². The molecule has 5 heterocycles. The summed E-state index contributed by atoms with van der Waals surface area (Å²) in [5, 5.41) is 13.0. The van der Waals surface area contributed by atoms with Gasteiger partial charge >= 0.3 is 0 Å². The Balaban J connectivity index is 0.000000187. The highest BCUT2D eigenvalue weighted by molar-refractivity contribution is 6.33. The summed E-state index contributed by atoms with van der Waals surface area (Å²) in [6.07, 6.45) is 6.08. The maximum absolute atomic E-state index is 8.71. The largest absolute Gasteiger partial charge is 0.384 e.